The molecule has 0 aliphatic carbocycles. The van der Waals surface area contributed by atoms with Gasteiger partial charge in [-0.25, -0.2) is 9.97 Å². The van der Waals surface area contributed by atoms with Crippen LogP contribution in [0.1, 0.15) is 10.5 Å². The largest absolute Gasteiger partial charge is 0.296 e. The van der Waals surface area contributed by atoms with Crippen LogP contribution in [-0.2, 0) is 0 Å². The Bertz CT molecular complexity index is 1350. The van der Waals surface area contributed by atoms with Crippen LogP contribution in [0.15, 0.2) is 47.3 Å². The number of thiazole rings is 2. The molecule has 1 aromatic carbocycles. The molecule has 0 bridgehead atoms. The van der Waals surface area contributed by atoms with Crippen LogP contribution in [0.2, 0.25) is 0 Å². The summed E-state index contributed by atoms with van der Waals surface area (Å²) in [5.41, 5.74) is 1.88. The van der Waals surface area contributed by atoms with Crippen LogP contribution in [-0.4, -0.2) is 25.2 Å². The average molecular weight is 427 g/mol. The fourth-order valence-corrected chi connectivity index (χ4v) is 5.16. The highest BCUT2D eigenvalue weighted by molar-refractivity contribution is 7.22. The average Bonchev–Trinajstić information content (AvgIpc) is 3.42. The van der Waals surface area contributed by atoms with Gasteiger partial charge in [0.2, 0.25) is 0 Å². The Balaban J connectivity index is 1.45. The first-order valence-electron chi connectivity index (χ1n) is 7.95. The van der Waals surface area contributed by atoms with Gasteiger partial charge in [0.25, 0.3) is 11.6 Å². The van der Waals surface area contributed by atoms with Gasteiger partial charge in [-0.3, -0.25) is 24.6 Å². The summed E-state index contributed by atoms with van der Waals surface area (Å²) < 4.78 is 2.40. The minimum absolute atomic E-state index is 0.00640. The molecule has 5 rings (SSSR count). The number of amides is 1. The first kappa shape index (κ1) is 17.0. The fraction of sp³-hybridized carbons (Fsp3) is 0. The molecule has 1 N–H and O–H groups in total. The molecule has 1 amide bonds. The zero-order valence-corrected chi connectivity index (χ0v) is 16.3. The Kier molecular flexibility index (Phi) is 3.93. The van der Waals surface area contributed by atoms with Crippen LogP contribution in [0.25, 0.3) is 25.7 Å². The standard InChI is InChI=1S/C17H9N5O3S3/c23-15(20-16-18-10-4-3-9(22(24)25)6-14(10)28-16)12-8-27-17-19-11(7-21(12)17)13-2-1-5-26-13/h1-8H,(H,18,20,23). The van der Waals surface area contributed by atoms with E-state index in [-0.39, 0.29) is 11.6 Å². The number of carbonyl (C=O) groups is 1. The van der Waals surface area contributed by atoms with E-state index in [1.165, 1.54) is 34.8 Å². The summed E-state index contributed by atoms with van der Waals surface area (Å²) in [6, 6.07) is 8.36. The van der Waals surface area contributed by atoms with Crippen LogP contribution >= 0.6 is 34.0 Å². The number of aromatic nitrogens is 3. The van der Waals surface area contributed by atoms with Gasteiger partial charge in [-0.2, -0.15) is 0 Å². The number of carbonyl (C=O) groups excluding carboxylic acids is 1. The van der Waals surface area contributed by atoms with Crippen LogP contribution in [0.3, 0.4) is 0 Å². The number of fused-ring (bicyclic) bond motifs is 2. The van der Waals surface area contributed by atoms with Crippen molar-refractivity contribution < 1.29 is 9.72 Å². The maximum atomic E-state index is 12.7. The van der Waals surface area contributed by atoms with Crippen molar-refractivity contribution in [1.82, 2.24) is 14.4 Å². The third-order valence-corrected chi connectivity index (χ3v) is 6.68. The van der Waals surface area contributed by atoms with Gasteiger partial charge < -0.3 is 0 Å². The molecule has 11 heteroatoms. The molecule has 0 saturated carbocycles. The first-order chi connectivity index (χ1) is 13.6. The minimum atomic E-state index is -0.455. The van der Waals surface area contributed by atoms with Gasteiger partial charge >= 0.3 is 0 Å². The lowest BCUT2D eigenvalue weighted by Crippen LogP contribution is -2.13. The molecule has 4 heterocycles. The Labute approximate surface area is 168 Å². The van der Waals surface area contributed by atoms with Crippen molar-refractivity contribution in [1.29, 1.82) is 0 Å². The van der Waals surface area contributed by atoms with E-state index in [9.17, 15) is 14.9 Å². The molecule has 5 aromatic rings. The molecule has 4 aromatic heterocycles. The molecule has 0 saturated heterocycles. The normalized spacial score (nSPS) is 11.3. The van der Waals surface area contributed by atoms with Gasteiger partial charge in [0.15, 0.2) is 10.1 Å². The number of hydrogen-bond donors (Lipinski definition) is 1. The van der Waals surface area contributed by atoms with E-state index in [1.807, 2.05) is 23.7 Å². The lowest BCUT2D eigenvalue weighted by Gasteiger charge is -1.99. The van der Waals surface area contributed by atoms with Gasteiger partial charge in [-0.05, 0) is 17.5 Å². The van der Waals surface area contributed by atoms with Crippen LogP contribution in [0, 0.1) is 10.1 Å². The quantitative estimate of drug-likeness (QED) is 0.325. The molecule has 0 aliphatic heterocycles. The van der Waals surface area contributed by atoms with Crippen molar-refractivity contribution in [2.45, 2.75) is 0 Å². The second-order valence-electron chi connectivity index (χ2n) is 5.76. The van der Waals surface area contributed by atoms with Gasteiger partial charge in [0.1, 0.15) is 11.4 Å². The van der Waals surface area contributed by atoms with E-state index >= 15 is 0 Å². The maximum absolute atomic E-state index is 12.7. The zero-order valence-electron chi connectivity index (χ0n) is 13.9. The van der Waals surface area contributed by atoms with E-state index < -0.39 is 4.92 Å². The second kappa shape index (κ2) is 6.48. The van der Waals surface area contributed by atoms with E-state index in [0.29, 0.717) is 21.0 Å². The Morgan fingerprint density at radius 1 is 1.21 bits per heavy atom. The molecule has 8 nitrogen and oxygen atoms in total. The number of imidazole rings is 1. The summed E-state index contributed by atoms with van der Waals surface area (Å²) in [6.45, 7) is 0. The molecule has 28 heavy (non-hydrogen) atoms. The first-order valence-corrected chi connectivity index (χ1v) is 10.5. The third-order valence-electron chi connectivity index (χ3n) is 4.02. The Morgan fingerprint density at radius 2 is 2.11 bits per heavy atom. The molecule has 138 valence electrons. The van der Waals surface area contributed by atoms with Crippen molar-refractivity contribution in [2.75, 3.05) is 5.32 Å². The van der Waals surface area contributed by atoms with Gasteiger partial charge in [-0.1, -0.05) is 17.4 Å². The molecule has 0 atom stereocenters. The third kappa shape index (κ3) is 2.85. The van der Waals surface area contributed by atoms with Crippen molar-refractivity contribution >= 4 is 65.9 Å². The number of nitro groups is 1. The number of nitrogens with zero attached hydrogens (tertiary/aromatic N) is 4. The van der Waals surface area contributed by atoms with Crippen molar-refractivity contribution in [3.8, 4) is 10.6 Å². The van der Waals surface area contributed by atoms with Crippen LogP contribution in [0.5, 0.6) is 0 Å². The highest BCUT2D eigenvalue weighted by Crippen LogP contribution is 2.30. The van der Waals surface area contributed by atoms with E-state index in [1.54, 1.807) is 27.2 Å². The lowest BCUT2D eigenvalue weighted by molar-refractivity contribution is -0.384. The van der Waals surface area contributed by atoms with Crippen LogP contribution in [0.4, 0.5) is 10.8 Å². The predicted octanol–water partition coefficient (Wildman–Crippen LogP) is 4.89. The van der Waals surface area contributed by atoms with Gasteiger partial charge in [-0.15, -0.1) is 22.7 Å². The summed E-state index contributed by atoms with van der Waals surface area (Å²) >= 11 is 4.17. The van der Waals surface area contributed by atoms with E-state index in [2.05, 4.69) is 15.3 Å². The minimum Gasteiger partial charge on any atom is -0.296 e. The molecule has 0 fully saturated rings. The summed E-state index contributed by atoms with van der Waals surface area (Å²) in [7, 11) is 0. The fourth-order valence-electron chi connectivity index (χ4n) is 2.73. The number of hydrogen-bond acceptors (Lipinski definition) is 8. The number of rotatable bonds is 4. The smallest absolute Gasteiger partial charge is 0.275 e. The maximum Gasteiger partial charge on any atom is 0.275 e. The van der Waals surface area contributed by atoms with E-state index in [4.69, 9.17) is 0 Å². The topological polar surface area (TPSA) is 102 Å². The number of non-ortho nitro benzene ring substituents is 1. The molecule has 0 radical (unpaired) electrons. The SMILES string of the molecule is O=C(Nc1nc2ccc([N+](=O)[O-])cc2s1)c1csc2nc(-c3cccs3)cn12. The summed E-state index contributed by atoms with van der Waals surface area (Å²) in [4.78, 5) is 33.9. The Hall–Kier alpha value is -3.15. The molecular formula is C17H9N5O3S3. The van der Waals surface area contributed by atoms with Crippen molar-refractivity contribution in [2.24, 2.45) is 0 Å². The molecule has 0 unspecified atom stereocenters. The monoisotopic (exact) mass is 427 g/mol. The number of thiophene rings is 1. The highest BCUT2D eigenvalue weighted by Gasteiger charge is 2.18. The van der Waals surface area contributed by atoms with E-state index in [0.717, 1.165) is 15.5 Å². The number of nitrogens with one attached hydrogen (secondary N) is 1. The zero-order chi connectivity index (χ0) is 19.3. The second-order valence-corrected chi connectivity index (χ2v) is 8.57. The summed E-state index contributed by atoms with van der Waals surface area (Å²) in [5, 5.41) is 17.8. The number of benzene rings is 1. The van der Waals surface area contributed by atoms with Gasteiger partial charge in [0, 0.05) is 23.7 Å². The number of anilines is 1. The van der Waals surface area contributed by atoms with Crippen molar-refractivity contribution in [3.05, 3.63) is 63.1 Å². The Morgan fingerprint density at radius 3 is 2.89 bits per heavy atom. The summed E-state index contributed by atoms with van der Waals surface area (Å²) in [5.74, 6) is -0.310. The van der Waals surface area contributed by atoms with Crippen molar-refractivity contribution in [3.63, 3.8) is 0 Å². The number of nitro benzene ring substituents is 1. The molecular weight excluding hydrogens is 418 g/mol. The van der Waals surface area contributed by atoms with Crippen LogP contribution < -0.4 is 5.32 Å². The molecule has 0 spiro atoms. The lowest BCUT2D eigenvalue weighted by atomic mass is 10.3. The van der Waals surface area contributed by atoms with Gasteiger partial charge in [0.05, 0.1) is 20.0 Å². The highest BCUT2D eigenvalue weighted by atomic mass is 32.1. The summed E-state index contributed by atoms with van der Waals surface area (Å²) in [6.07, 6.45) is 1.84. The molecule has 0 aliphatic rings. The predicted molar refractivity (Wildman–Crippen MR) is 111 cm³/mol.